The minimum absolute atomic E-state index is 0.0472. The van der Waals surface area contributed by atoms with Crippen LogP contribution in [-0.4, -0.2) is 17.1 Å². The van der Waals surface area contributed by atoms with Gasteiger partial charge in [0.2, 0.25) is 0 Å². The van der Waals surface area contributed by atoms with Gasteiger partial charge in [0.25, 0.3) is 5.56 Å². The minimum Gasteiger partial charge on any atom is -0.497 e. The van der Waals surface area contributed by atoms with E-state index in [9.17, 15) is 4.79 Å². The van der Waals surface area contributed by atoms with Crippen molar-refractivity contribution in [2.45, 2.75) is 30.9 Å². The molecule has 1 atom stereocenters. The largest absolute Gasteiger partial charge is 0.497 e. The highest BCUT2D eigenvalue weighted by atomic mass is 32.2. The van der Waals surface area contributed by atoms with Gasteiger partial charge in [-0.25, -0.2) is 4.98 Å². The van der Waals surface area contributed by atoms with Crippen molar-refractivity contribution in [2.24, 2.45) is 0 Å². The fraction of sp³-hybridized carbons (Fsp3) is 0.294. The van der Waals surface area contributed by atoms with Crippen LogP contribution >= 0.6 is 23.1 Å². The number of aromatic amines is 1. The molecule has 0 aliphatic heterocycles. The van der Waals surface area contributed by atoms with Gasteiger partial charge in [0.15, 0.2) is 0 Å². The molecule has 3 aromatic rings. The fourth-order valence-corrected chi connectivity index (χ4v) is 4.34. The summed E-state index contributed by atoms with van der Waals surface area (Å²) < 4.78 is 5.17. The molecule has 6 heteroatoms. The molecular formula is C17H18N2O2S2. The summed E-state index contributed by atoms with van der Waals surface area (Å²) in [4.78, 5) is 23.0. The standard InChI is InChI=1S/C17H18N2O2S2/c1-9-10(2)23-17-14(9)16(20)18-15(19-17)11(3)22-13-7-5-12(21-4)6-8-13/h5-8,11H,1-4H3,(H,18,19,20)/t11-/m1/s1. The van der Waals surface area contributed by atoms with Crippen molar-refractivity contribution >= 4 is 33.3 Å². The molecule has 0 spiro atoms. The molecular weight excluding hydrogens is 328 g/mol. The second-order valence-corrected chi connectivity index (χ2v) is 7.97. The van der Waals surface area contributed by atoms with Crippen LogP contribution in [0.15, 0.2) is 34.0 Å². The Kier molecular flexibility index (Phi) is 4.46. The molecule has 0 unspecified atom stereocenters. The Morgan fingerprint density at radius 1 is 1.26 bits per heavy atom. The van der Waals surface area contributed by atoms with Crippen molar-refractivity contribution in [3.05, 3.63) is 50.9 Å². The third kappa shape index (κ3) is 3.14. The lowest BCUT2D eigenvalue weighted by atomic mass is 10.2. The second-order valence-electron chi connectivity index (χ2n) is 5.35. The lowest BCUT2D eigenvalue weighted by Crippen LogP contribution is -2.12. The van der Waals surface area contributed by atoms with Gasteiger partial charge in [-0.3, -0.25) is 4.79 Å². The molecule has 2 heterocycles. The predicted octanol–water partition coefficient (Wildman–Crippen LogP) is 4.46. The number of fused-ring (bicyclic) bond motifs is 1. The van der Waals surface area contributed by atoms with Gasteiger partial charge in [0.05, 0.1) is 17.7 Å². The normalized spacial score (nSPS) is 12.5. The SMILES string of the molecule is COc1ccc(S[C@H](C)c2nc3sc(C)c(C)c3c(=O)[nH]2)cc1. The van der Waals surface area contributed by atoms with E-state index >= 15 is 0 Å². The van der Waals surface area contributed by atoms with E-state index in [0.717, 1.165) is 31.3 Å². The van der Waals surface area contributed by atoms with Crippen molar-refractivity contribution in [3.63, 3.8) is 0 Å². The van der Waals surface area contributed by atoms with Gasteiger partial charge in [-0.2, -0.15) is 0 Å². The molecule has 0 aliphatic carbocycles. The van der Waals surface area contributed by atoms with Crippen LogP contribution in [0.3, 0.4) is 0 Å². The second kappa shape index (κ2) is 6.37. The number of benzene rings is 1. The van der Waals surface area contributed by atoms with Crippen LogP contribution in [0.1, 0.15) is 28.4 Å². The summed E-state index contributed by atoms with van der Waals surface area (Å²) >= 11 is 3.24. The summed E-state index contributed by atoms with van der Waals surface area (Å²) in [6.45, 7) is 6.04. The average Bonchev–Trinajstić information content (AvgIpc) is 2.83. The first kappa shape index (κ1) is 16.1. The van der Waals surface area contributed by atoms with Crippen LogP contribution in [0.4, 0.5) is 0 Å². The smallest absolute Gasteiger partial charge is 0.259 e. The molecule has 2 aromatic heterocycles. The molecule has 4 nitrogen and oxygen atoms in total. The number of hydrogen-bond acceptors (Lipinski definition) is 5. The van der Waals surface area contributed by atoms with Gasteiger partial charge in [0.1, 0.15) is 16.4 Å². The third-order valence-corrected chi connectivity index (χ3v) is 6.04. The molecule has 120 valence electrons. The lowest BCUT2D eigenvalue weighted by molar-refractivity contribution is 0.414. The lowest BCUT2D eigenvalue weighted by Gasteiger charge is -2.11. The molecule has 3 rings (SSSR count). The number of thiophene rings is 1. The summed E-state index contributed by atoms with van der Waals surface area (Å²) in [6, 6.07) is 7.88. The number of thioether (sulfide) groups is 1. The van der Waals surface area contributed by atoms with Gasteiger partial charge in [-0.05, 0) is 50.6 Å². The van der Waals surface area contributed by atoms with E-state index in [2.05, 4.69) is 9.97 Å². The molecule has 1 aromatic carbocycles. The van der Waals surface area contributed by atoms with Gasteiger partial charge in [-0.1, -0.05) is 0 Å². The minimum atomic E-state index is -0.0472. The van der Waals surface area contributed by atoms with E-state index in [-0.39, 0.29) is 10.8 Å². The van der Waals surface area contributed by atoms with Crippen molar-refractivity contribution < 1.29 is 4.74 Å². The number of ether oxygens (including phenoxy) is 1. The number of aromatic nitrogens is 2. The van der Waals surface area contributed by atoms with Gasteiger partial charge >= 0.3 is 0 Å². The first-order chi connectivity index (χ1) is 11.0. The molecule has 0 amide bonds. The van der Waals surface area contributed by atoms with Crippen molar-refractivity contribution in [1.29, 1.82) is 0 Å². The molecule has 0 aliphatic rings. The Hall–Kier alpha value is -1.79. The molecule has 0 radical (unpaired) electrons. The highest BCUT2D eigenvalue weighted by Crippen LogP contribution is 2.35. The molecule has 0 bridgehead atoms. The number of nitrogens with zero attached hydrogens (tertiary/aromatic N) is 1. The Morgan fingerprint density at radius 3 is 2.61 bits per heavy atom. The molecule has 0 saturated heterocycles. The van der Waals surface area contributed by atoms with Crippen molar-refractivity contribution in [3.8, 4) is 5.75 Å². The van der Waals surface area contributed by atoms with Crippen molar-refractivity contribution in [1.82, 2.24) is 9.97 Å². The molecule has 23 heavy (non-hydrogen) atoms. The molecule has 1 N–H and O–H groups in total. The van der Waals surface area contributed by atoms with Crippen LogP contribution < -0.4 is 10.3 Å². The molecule has 0 fully saturated rings. The number of rotatable bonds is 4. The predicted molar refractivity (Wildman–Crippen MR) is 97.0 cm³/mol. The van der Waals surface area contributed by atoms with Gasteiger partial charge in [0, 0.05) is 9.77 Å². The fourth-order valence-electron chi connectivity index (χ4n) is 2.38. The summed E-state index contributed by atoms with van der Waals surface area (Å²) in [5.74, 6) is 1.55. The zero-order valence-corrected chi connectivity index (χ0v) is 15.1. The summed E-state index contributed by atoms with van der Waals surface area (Å²) in [6.07, 6.45) is 0. The van der Waals surface area contributed by atoms with E-state index in [4.69, 9.17) is 4.74 Å². The Morgan fingerprint density at radius 2 is 1.96 bits per heavy atom. The van der Waals surface area contributed by atoms with E-state index in [1.54, 1.807) is 30.2 Å². The maximum atomic E-state index is 12.4. The highest BCUT2D eigenvalue weighted by Gasteiger charge is 2.16. The van der Waals surface area contributed by atoms with Gasteiger partial charge < -0.3 is 9.72 Å². The van der Waals surface area contributed by atoms with Crippen LogP contribution in [0.2, 0.25) is 0 Å². The zero-order valence-electron chi connectivity index (χ0n) is 13.5. The molecule has 0 saturated carbocycles. The first-order valence-corrected chi connectivity index (χ1v) is 9.00. The van der Waals surface area contributed by atoms with Crippen LogP contribution in [0.5, 0.6) is 5.75 Å². The van der Waals surface area contributed by atoms with Crippen LogP contribution in [0, 0.1) is 13.8 Å². The average molecular weight is 346 g/mol. The number of hydrogen-bond donors (Lipinski definition) is 1. The van der Waals surface area contributed by atoms with E-state index in [1.807, 2.05) is 45.0 Å². The quantitative estimate of drug-likeness (QED) is 0.709. The summed E-state index contributed by atoms with van der Waals surface area (Å²) in [7, 11) is 1.65. The van der Waals surface area contributed by atoms with E-state index < -0.39 is 0 Å². The summed E-state index contributed by atoms with van der Waals surface area (Å²) in [5, 5.41) is 0.779. The Bertz CT molecular complexity index is 897. The monoisotopic (exact) mass is 346 g/mol. The third-order valence-electron chi connectivity index (χ3n) is 3.81. The van der Waals surface area contributed by atoms with E-state index in [1.165, 1.54) is 0 Å². The van der Waals surface area contributed by atoms with Crippen LogP contribution in [0.25, 0.3) is 10.2 Å². The van der Waals surface area contributed by atoms with Crippen molar-refractivity contribution in [2.75, 3.05) is 7.11 Å². The maximum Gasteiger partial charge on any atom is 0.259 e. The number of methoxy groups -OCH3 is 1. The Balaban J connectivity index is 1.91. The number of nitrogens with one attached hydrogen (secondary N) is 1. The maximum absolute atomic E-state index is 12.4. The number of H-pyrrole nitrogens is 1. The van der Waals surface area contributed by atoms with E-state index in [0.29, 0.717) is 5.82 Å². The topological polar surface area (TPSA) is 55.0 Å². The van der Waals surface area contributed by atoms with Crippen LogP contribution in [-0.2, 0) is 0 Å². The summed E-state index contributed by atoms with van der Waals surface area (Å²) in [5.41, 5.74) is 0.981. The zero-order chi connectivity index (χ0) is 16.6. The number of aryl methyl sites for hydroxylation is 2. The highest BCUT2D eigenvalue weighted by molar-refractivity contribution is 7.99. The first-order valence-electron chi connectivity index (χ1n) is 7.30. The van der Waals surface area contributed by atoms with Gasteiger partial charge in [-0.15, -0.1) is 23.1 Å². The Labute approximate surface area is 142 Å².